The maximum atomic E-state index is 5.87. The van der Waals surface area contributed by atoms with E-state index in [1.165, 1.54) is 20.9 Å². The van der Waals surface area contributed by atoms with E-state index in [1.54, 1.807) is 11.3 Å². The molecule has 2 aromatic rings. The summed E-state index contributed by atoms with van der Waals surface area (Å²) in [6, 6.07) is 10.8. The summed E-state index contributed by atoms with van der Waals surface area (Å²) >= 11 is 5.36. The van der Waals surface area contributed by atoms with Crippen molar-refractivity contribution in [3.63, 3.8) is 0 Å². The molecule has 84 valence electrons. The van der Waals surface area contributed by atoms with Crippen LogP contribution >= 0.6 is 27.3 Å². The zero-order valence-electron chi connectivity index (χ0n) is 9.33. The molecule has 16 heavy (non-hydrogen) atoms. The molecule has 1 heterocycles. The zero-order chi connectivity index (χ0) is 11.7. The monoisotopic (exact) mass is 295 g/mol. The molecular formula is C13H14BrNS. The van der Waals surface area contributed by atoms with E-state index in [2.05, 4.69) is 53.2 Å². The normalized spacial score (nSPS) is 12.8. The highest BCUT2D eigenvalue weighted by Crippen LogP contribution is 2.35. The van der Waals surface area contributed by atoms with Crippen LogP contribution in [0.4, 0.5) is 0 Å². The molecular weight excluding hydrogens is 282 g/mol. The van der Waals surface area contributed by atoms with E-state index in [1.807, 2.05) is 6.92 Å². The fourth-order valence-electron chi connectivity index (χ4n) is 1.56. The first-order valence-electron chi connectivity index (χ1n) is 5.20. The molecule has 0 aliphatic heterocycles. The molecule has 1 aromatic carbocycles. The Bertz CT molecular complexity index is 502. The lowest BCUT2D eigenvalue weighted by Crippen LogP contribution is -2.01. The SMILES string of the molecule is Cc1ccc(-c2ccc(C(C)N)s2)c(Br)c1. The third-order valence-electron chi connectivity index (χ3n) is 2.47. The second kappa shape index (κ2) is 4.70. The van der Waals surface area contributed by atoms with E-state index >= 15 is 0 Å². The molecule has 1 unspecified atom stereocenters. The molecule has 0 saturated heterocycles. The molecule has 0 aliphatic rings. The number of rotatable bonds is 2. The van der Waals surface area contributed by atoms with Gasteiger partial charge in [0.15, 0.2) is 0 Å². The number of halogens is 1. The zero-order valence-corrected chi connectivity index (χ0v) is 11.7. The van der Waals surface area contributed by atoms with Gasteiger partial charge in [0.25, 0.3) is 0 Å². The fourth-order valence-corrected chi connectivity index (χ4v) is 3.40. The Balaban J connectivity index is 2.42. The van der Waals surface area contributed by atoms with E-state index in [-0.39, 0.29) is 6.04 Å². The standard InChI is InChI=1S/C13H14BrNS/c1-8-3-4-10(11(14)7-8)13-6-5-12(16-13)9(2)15/h3-7,9H,15H2,1-2H3. The summed E-state index contributed by atoms with van der Waals surface area (Å²) in [5.41, 5.74) is 8.37. The first-order valence-corrected chi connectivity index (χ1v) is 6.80. The summed E-state index contributed by atoms with van der Waals surface area (Å²) < 4.78 is 1.14. The molecule has 3 heteroatoms. The van der Waals surface area contributed by atoms with Crippen molar-refractivity contribution in [2.75, 3.05) is 0 Å². The molecule has 2 rings (SSSR count). The summed E-state index contributed by atoms with van der Waals surface area (Å²) in [4.78, 5) is 2.49. The van der Waals surface area contributed by atoms with Gasteiger partial charge in [-0.3, -0.25) is 0 Å². The molecule has 1 atom stereocenters. The van der Waals surface area contributed by atoms with Crippen molar-refractivity contribution >= 4 is 27.3 Å². The number of nitrogens with two attached hydrogens (primary N) is 1. The van der Waals surface area contributed by atoms with Gasteiger partial charge < -0.3 is 5.73 Å². The Morgan fingerprint density at radius 2 is 2.00 bits per heavy atom. The maximum absolute atomic E-state index is 5.87. The molecule has 1 aromatic heterocycles. The lowest BCUT2D eigenvalue weighted by Gasteiger charge is -2.03. The van der Waals surface area contributed by atoms with Crippen molar-refractivity contribution in [2.45, 2.75) is 19.9 Å². The predicted molar refractivity (Wildman–Crippen MR) is 74.8 cm³/mol. The van der Waals surface area contributed by atoms with Crippen LogP contribution in [-0.2, 0) is 0 Å². The van der Waals surface area contributed by atoms with Crippen LogP contribution in [-0.4, -0.2) is 0 Å². The number of hydrogen-bond donors (Lipinski definition) is 1. The molecule has 0 saturated carbocycles. The highest BCUT2D eigenvalue weighted by Gasteiger charge is 2.08. The van der Waals surface area contributed by atoms with Gasteiger partial charge in [-0.2, -0.15) is 0 Å². The van der Waals surface area contributed by atoms with Gasteiger partial charge in [0.05, 0.1) is 0 Å². The van der Waals surface area contributed by atoms with Crippen LogP contribution in [0.15, 0.2) is 34.8 Å². The van der Waals surface area contributed by atoms with E-state index in [0.717, 1.165) is 4.47 Å². The molecule has 1 nitrogen and oxygen atoms in total. The lowest BCUT2D eigenvalue weighted by molar-refractivity contribution is 0.838. The molecule has 0 radical (unpaired) electrons. The van der Waals surface area contributed by atoms with Gasteiger partial charge in [0, 0.05) is 25.8 Å². The van der Waals surface area contributed by atoms with Crippen LogP contribution in [0.2, 0.25) is 0 Å². The highest BCUT2D eigenvalue weighted by atomic mass is 79.9. The minimum atomic E-state index is 0.114. The third kappa shape index (κ3) is 2.37. The van der Waals surface area contributed by atoms with Gasteiger partial charge in [0.2, 0.25) is 0 Å². The van der Waals surface area contributed by atoms with Crippen molar-refractivity contribution in [1.29, 1.82) is 0 Å². The van der Waals surface area contributed by atoms with Crippen LogP contribution < -0.4 is 5.73 Å². The first kappa shape index (κ1) is 11.8. The molecule has 0 fully saturated rings. The molecule has 0 amide bonds. The van der Waals surface area contributed by atoms with E-state index in [9.17, 15) is 0 Å². The quantitative estimate of drug-likeness (QED) is 0.867. The van der Waals surface area contributed by atoms with Crippen LogP contribution in [0.5, 0.6) is 0 Å². The van der Waals surface area contributed by atoms with Gasteiger partial charge in [-0.1, -0.05) is 28.1 Å². The van der Waals surface area contributed by atoms with Crippen molar-refractivity contribution < 1.29 is 0 Å². The number of thiophene rings is 1. The van der Waals surface area contributed by atoms with Gasteiger partial charge in [0.1, 0.15) is 0 Å². The topological polar surface area (TPSA) is 26.0 Å². The highest BCUT2D eigenvalue weighted by molar-refractivity contribution is 9.10. The Hall–Kier alpha value is -0.640. The lowest BCUT2D eigenvalue weighted by atomic mass is 10.1. The second-order valence-corrected chi connectivity index (χ2v) is 5.94. The summed E-state index contributed by atoms with van der Waals surface area (Å²) in [6.07, 6.45) is 0. The average molecular weight is 296 g/mol. The second-order valence-electron chi connectivity index (χ2n) is 3.97. The van der Waals surface area contributed by atoms with Crippen LogP contribution in [0.3, 0.4) is 0 Å². The van der Waals surface area contributed by atoms with E-state index < -0.39 is 0 Å². The van der Waals surface area contributed by atoms with Crippen LogP contribution in [0, 0.1) is 6.92 Å². The smallest absolute Gasteiger partial charge is 0.0361 e. The molecule has 0 aliphatic carbocycles. The summed E-state index contributed by atoms with van der Waals surface area (Å²) in [5.74, 6) is 0. The van der Waals surface area contributed by atoms with Gasteiger partial charge in [-0.05, 0) is 37.6 Å². The third-order valence-corrected chi connectivity index (χ3v) is 4.44. The Morgan fingerprint density at radius 1 is 1.25 bits per heavy atom. The summed E-state index contributed by atoms with van der Waals surface area (Å²) in [6.45, 7) is 4.11. The minimum absolute atomic E-state index is 0.114. The summed E-state index contributed by atoms with van der Waals surface area (Å²) in [5, 5.41) is 0. The maximum Gasteiger partial charge on any atom is 0.0361 e. The van der Waals surface area contributed by atoms with Crippen molar-refractivity contribution in [3.8, 4) is 10.4 Å². The largest absolute Gasteiger partial charge is 0.324 e. The van der Waals surface area contributed by atoms with Crippen LogP contribution in [0.1, 0.15) is 23.4 Å². The number of benzene rings is 1. The fraction of sp³-hybridized carbons (Fsp3) is 0.231. The van der Waals surface area contributed by atoms with Crippen molar-refractivity contribution in [3.05, 3.63) is 45.2 Å². The van der Waals surface area contributed by atoms with Crippen molar-refractivity contribution in [2.24, 2.45) is 5.73 Å². The van der Waals surface area contributed by atoms with Crippen molar-refractivity contribution in [1.82, 2.24) is 0 Å². The Kier molecular flexibility index (Phi) is 3.47. The first-order chi connectivity index (χ1) is 7.58. The van der Waals surface area contributed by atoms with Gasteiger partial charge in [-0.25, -0.2) is 0 Å². The van der Waals surface area contributed by atoms with E-state index in [0.29, 0.717) is 0 Å². The Labute approximate surface area is 108 Å². The van der Waals surface area contributed by atoms with E-state index in [4.69, 9.17) is 5.73 Å². The summed E-state index contributed by atoms with van der Waals surface area (Å²) in [7, 11) is 0. The van der Waals surface area contributed by atoms with Crippen LogP contribution in [0.25, 0.3) is 10.4 Å². The molecule has 0 spiro atoms. The Morgan fingerprint density at radius 3 is 2.56 bits per heavy atom. The predicted octanol–water partition coefficient (Wildman–Crippen LogP) is 4.51. The van der Waals surface area contributed by atoms with Gasteiger partial charge >= 0.3 is 0 Å². The molecule has 2 N–H and O–H groups in total. The minimum Gasteiger partial charge on any atom is -0.324 e. The molecule has 0 bridgehead atoms. The van der Waals surface area contributed by atoms with Gasteiger partial charge in [-0.15, -0.1) is 11.3 Å². The number of aryl methyl sites for hydroxylation is 1. The average Bonchev–Trinajstić information content (AvgIpc) is 2.66. The number of hydrogen-bond acceptors (Lipinski definition) is 2.